The van der Waals surface area contributed by atoms with Gasteiger partial charge in [-0.3, -0.25) is 10.8 Å². The molecular formula is C12H16ClN3. The number of benzene rings is 1. The van der Waals surface area contributed by atoms with Crippen molar-refractivity contribution in [2.75, 3.05) is 5.43 Å². The Morgan fingerprint density at radius 3 is 2.44 bits per heavy atom. The monoisotopic (exact) mass is 237 g/mol. The molecule has 0 saturated heterocycles. The number of hydrogen-bond donors (Lipinski definition) is 2. The lowest BCUT2D eigenvalue weighted by Gasteiger charge is -2.09. The molecule has 0 aliphatic rings. The molecule has 0 radical (unpaired) electrons. The van der Waals surface area contributed by atoms with Gasteiger partial charge in [-0.1, -0.05) is 11.6 Å². The molecule has 0 amide bonds. The van der Waals surface area contributed by atoms with Crippen LogP contribution < -0.4 is 11.3 Å². The maximum Gasteiger partial charge on any atom is 0.0755 e. The van der Waals surface area contributed by atoms with Gasteiger partial charge in [-0.2, -0.15) is 0 Å². The van der Waals surface area contributed by atoms with Crippen LogP contribution in [0, 0.1) is 20.8 Å². The molecule has 2 aromatic rings. The number of nitrogens with two attached hydrogens (primary N) is 1. The summed E-state index contributed by atoms with van der Waals surface area (Å²) in [5.74, 6) is 5.51. The maximum atomic E-state index is 5.51. The number of pyridine rings is 1. The van der Waals surface area contributed by atoms with Crippen molar-refractivity contribution in [3.63, 3.8) is 0 Å². The van der Waals surface area contributed by atoms with Gasteiger partial charge in [0.2, 0.25) is 0 Å². The molecule has 0 saturated carbocycles. The van der Waals surface area contributed by atoms with E-state index in [1.165, 1.54) is 11.1 Å². The first-order chi connectivity index (χ1) is 7.11. The molecule has 1 aromatic heterocycles. The molecule has 0 aliphatic heterocycles. The Labute approximate surface area is 101 Å². The van der Waals surface area contributed by atoms with E-state index in [2.05, 4.69) is 36.4 Å². The van der Waals surface area contributed by atoms with Crippen LogP contribution in [-0.2, 0) is 0 Å². The maximum absolute atomic E-state index is 5.51. The van der Waals surface area contributed by atoms with E-state index in [1.807, 2.05) is 13.0 Å². The molecule has 0 aliphatic carbocycles. The zero-order valence-corrected chi connectivity index (χ0v) is 10.5. The number of nitrogens with one attached hydrogen (secondary N) is 1. The number of hydrazine groups is 1. The lowest BCUT2D eigenvalue weighted by Crippen LogP contribution is -2.08. The van der Waals surface area contributed by atoms with Gasteiger partial charge in [0, 0.05) is 11.1 Å². The molecule has 86 valence electrons. The highest BCUT2D eigenvalue weighted by molar-refractivity contribution is 5.93. The first kappa shape index (κ1) is 12.7. The van der Waals surface area contributed by atoms with Crippen molar-refractivity contribution in [2.45, 2.75) is 20.8 Å². The summed E-state index contributed by atoms with van der Waals surface area (Å²) in [5, 5.41) is 1.08. The number of nitrogens with zero attached hydrogens (tertiary/aromatic N) is 1. The van der Waals surface area contributed by atoms with Crippen LogP contribution >= 0.6 is 12.4 Å². The molecule has 3 nitrogen and oxygen atoms in total. The van der Waals surface area contributed by atoms with Crippen LogP contribution in [-0.4, -0.2) is 4.98 Å². The fraction of sp³-hybridized carbons (Fsp3) is 0.250. The molecule has 1 heterocycles. The number of anilines is 1. The largest absolute Gasteiger partial charge is 0.323 e. The summed E-state index contributed by atoms with van der Waals surface area (Å²) in [4.78, 5) is 4.53. The molecule has 0 bridgehead atoms. The number of aryl methyl sites for hydroxylation is 3. The third kappa shape index (κ3) is 2.10. The minimum absolute atomic E-state index is 0. The van der Waals surface area contributed by atoms with E-state index >= 15 is 0 Å². The van der Waals surface area contributed by atoms with Crippen LogP contribution in [0.4, 0.5) is 5.69 Å². The minimum Gasteiger partial charge on any atom is -0.323 e. The van der Waals surface area contributed by atoms with Crippen molar-refractivity contribution >= 4 is 29.0 Å². The molecule has 2 rings (SSSR count). The Bertz CT molecular complexity index is 523. The fourth-order valence-corrected chi connectivity index (χ4v) is 1.93. The lowest BCUT2D eigenvalue weighted by atomic mass is 10.1. The first-order valence-corrected chi connectivity index (χ1v) is 4.97. The quantitative estimate of drug-likeness (QED) is 0.592. The van der Waals surface area contributed by atoms with E-state index < -0.39 is 0 Å². The van der Waals surface area contributed by atoms with Crippen LogP contribution in [0.25, 0.3) is 10.9 Å². The van der Waals surface area contributed by atoms with Gasteiger partial charge in [-0.05, 0) is 38.5 Å². The highest BCUT2D eigenvalue weighted by Gasteiger charge is 2.05. The Hall–Kier alpha value is -1.32. The molecular weight excluding hydrogens is 222 g/mol. The number of hydrogen-bond acceptors (Lipinski definition) is 3. The van der Waals surface area contributed by atoms with Gasteiger partial charge in [0.25, 0.3) is 0 Å². The van der Waals surface area contributed by atoms with Crippen LogP contribution in [0.5, 0.6) is 0 Å². The van der Waals surface area contributed by atoms with Gasteiger partial charge in [-0.25, -0.2) is 0 Å². The molecule has 0 atom stereocenters. The second kappa shape index (κ2) is 4.68. The van der Waals surface area contributed by atoms with Crippen molar-refractivity contribution in [1.29, 1.82) is 0 Å². The second-order valence-electron chi connectivity index (χ2n) is 3.93. The third-order valence-corrected chi connectivity index (χ3v) is 2.53. The molecule has 1 aromatic carbocycles. The van der Waals surface area contributed by atoms with Crippen molar-refractivity contribution in [1.82, 2.24) is 4.98 Å². The zero-order chi connectivity index (χ0) is 11.0. The minimum atomic E-state index is 0. The summed E-state index contributed by atoms with van der Waals surface area (Å²) in [5.41, 5.74) is 8.07. The predicted molar refractivity (Wildman–Crippen MR) is 71.0 cm³/mol. The summed E-state index contributed by atoms with van der Waals surface area (Å²) < 4.78 is 0. The summed E-state index contributed by atoms with van der Waals surface area (Å²) >= 11 is 0. The average Bonchev–Trinajstić information content (AvgIpc) is 2.18. The first-order valence-electron chi connectivity index (χ1n) is 4.97. The van der Waals surface area contributed by atoms with E-state index in [0.29, 0.717) is 0 Å². The third-order valence-electron chi connectivity index (χ3n) is 2.53. The van der Waals surface area contributed by atoms with Gasteiger partial charge in [-0.15, -0.1) is 12.4 Å². The molecule has 0 spiro atoms. The zero-order valence-electron chi connectivity index (χ0n) is 9.66. The summed E-state index contributed by atoms with van der Waals surface area (Å²) in [6.45, 7) is 6.12. The highest BCUT2D eigenvalue weighted by Crippen LogP contribution is 2.26. The van der Waals surface area contributed by atoms with E-state index in [9.17, 15) is 0 Å². The topological polar surface area (TPSA) is 50.9 Å². The Balaban J connectivity index is 0.00000128. The van der Waals surface area contributed by atoms with Crippen LogP contribution in [0.3, 0.4) is 0 Å². The van der Waals surface area contributed by atoms with Gasteiger partial charge in [0.1, 0.15) is 0 Å². The van der Waals surface area contributed by atoms with Crippen molar-refractivity contribution in [2.24, 2.45) is 5.84 Å². The van der Waals surface area contributed by atoms with Crippen molar-refractivity contribution in [3.05, 3.63) is 35.0 Å². The Morgan fingerprint density at radius 2 is 1.81 bits per heavy atom. The van der Waals surface area contributed by atoms with E-state index in [1.54, 1.807) is 0 Å². The fourth-order valence-electron chi connectivity index (χ4n) is 1.93. The second-order valence-corrected chi connectivity index (χ2v) is 3.93. The molecule has 3 N–H and O–H groups in total. The van der Waals surface area contributed by atoms with Crippen LogP contribution in [0.2, 0.25) is 0 Å². The van der Waals surface area contributed by atoms with Crippen molar-refractivity contribution in [3.8, 4) is 0 Å². The molecule has 0 fully saturated rings. The number of halogens is 1. The average molecular weight is 238 g/mol. The normalized spacial score (nSPS) is 10.0. The summed E-state index contributed by atoms with van der Waals surface area (Å²) in [7, 11) is 0. The van der Waals surface area contributed by atoms with Crippen LogP contribution in [0.15, 0.2) is 18.2 Å². The highest BCUT2D eigenvalue weighted by atomic mass is 35.5. The van der Waals surface area contributed by atoms with Gasteiger partial charge < -0.3 is 5.43 Å². The number of rotatable bonds is 1. The lowest BCUT2D eigenvalue weighted by molar-refractivity contribution is 1.22. The van der Waals surface area contributed by atoms with Crippen LogP contribution in [0.1, 0.15) is 16.8 Å². The van der Waals surface area contributed by atoms with Gasteiger partial charge >= 0.3 is 0 Å². The number of nitrogen functional groups attached to an aromatic ring is 1. The van der Waals surface area contributed by atoms with E-state index in [0.717, 1.165) is 22.3 Å². The molecule has 16 heavy (non-hydrogen) atoms. The standard InChI is InChI=1S/C12H15N3.ClH/c1-7-4-8(2)12-10(5-7)11(15-13)6-9(3)14-12;/h4-6H,13H2,1-3H3,(H,14,15);1H. The van der Waals surface area contributed by atoms with Crippen molar-refractivity contribution < 1.29 is 0 Å². The predicted octanol–water partition coefficient (Wildman–Crippen LogP) is 2.87. The molecule has 4 heteroatoms. The summed E-state index contributed by atoms with van der Waals surface area (Å²) in [6.07, 6.45) is 0. The van der Waals surface area contributed by atoms with Gasteiger partial charge in [0.05, 0.1) is 11.2 Å². The number of aromatic nitrogens is 1. The SMILES string of the molecule is Cc1cc(C)c2nc(C)cc(NN)c2c1.Cl. The van der Waals surface area contributed by atoms with E-state index in [4.69, 9.17) is 5.84 Å². The Morgan fingerprint density at radius 1 is 1.12 bits per heavy atom. The number of fused-ring (bicyclic) bond motifs is 1. The van der Waals surface area contributed by atoms with E-state index in [-0.39, 0.29) is 12.4 Å². The van der Waals surface area contributed by atoms with Gasteiger partial charge in [0.15, 0.2) is 0 Å². The molecule has 0 unspecified atom stereocenters. The smallest absolute Gasteiger partial charge is 0.0755 e. The summed E-state index contributed by atoms with van der Waals surface area (Å²) in [6, 6.07) is 6.19. The Kier molecular flexibility index (Phi) is 3.73.